The molecule has 124 valence electrons. The van der Waals surface area contributed by atoms with Crippen LogP contribution in [0.3, 0.4) is 0 Å². The van der Waals surface area contributed by atoms with E-state index in [0.717, 1.165) is 35.2 Å². The third kappa shape index (κ3) is 3.90. The van der Waals surface area contributed by atoms with E-state index in [4.69, 9.17) is 4.74 Å². The minimum Gasteiger partial charge on any atom is -0.497 e. The van der Waals surface area contributed by atoms with Crippen LogP contribution in [0.25, 0.3) is 10.9 Å². The molecule has 0 atom stereocenters. The highest BCUT2D eigenvalue weighted by Gasteiger charge is 2.15. The Morgan fingerprint density at radius 2 is 2.00 bits per heavy atom. The summed E-state index contributed by atoms with van der Waals surface area (Å²) in [5.41, 5.74) is 1.89. The second-order valence-corrected chi connectivity index (χ2v) is 5.23. The van der Waals surface area contributed by atoms with Crippen molar-refractivity contribution < 1.29 is 19.1 Å². The van der Waals surface area contributed by atoms with Crippen LogP contribution < -0.4 is 10.1 Å². The third-order valence-corrected chi connectivity index (χ3v) is 3.78. The number of methoxy groups -OCH3 is 2. The lowest BCUT2D eigenvalue weighted by atomic mass is 10.1. The van der Waals surface area contributed by atoms with Gasteiger partial charge in [0.2, 0.25) is 5.91 Å². The maximum atomic E-state index is 12.4. The van der Waals surface area contributed by atoms with Crippen LogP contribution in [0.15, 0.2) is 24.4 Å². The second kappa shape index (κ2) is 7.78. The number of carbonyl (C=O) groups is 2. The molecule has 23 heavy (non-hydrogen) atoms. The van der Waals surface area contributed by atoms with Crippen molar-refractivity contribution in [1.82, 2.24) is 9.88 Å². The molecule has 0 fully saturated rings. The average Bonchev–Trinajstić information content (AvgIpc) is 2.95. The Hall–Kier alpha value is -2.34. The summed E-state index contributed by atoms with van der Waals surface area (Å²) in [5.74, 6) is 0.246. The zero-order chi connectivity index (χ0) is 16.8. The van der Waals surface area contributed by atoms with Crippen molar-refractivity contribution in [2.45, 2.75) is 19.3 Å². The molecule has 2 rings (SSSR count). The first-order valence-corrected chi connectivity index (χ1v) is 7.53. The lowest BCUT2D eigenvalue weighted by molar-refractivity contribution is -0.140. The van der Waals surface area contributed by atoms with Crippen molar-refractivity contribution in [2.75, 3.05) is 27.8 Å². The summed E-state index contributed by atoms with van der Waals surface area (Å²) in [4.78, 5) is 23.7. The van der Waals surface area contributed by atoms with Gasteiger partial charge in [-0.25, -0.2) is 0 Å². The Kier molecular flexibility index (Phi) is 5.76. The molecule has 1 aromatic carbocycles. The van der Waals surface area contributed by atoms with Crippen molar-refractivity contribution in [3.05, 3.63) is 30.0 Å². The predicted octanol–water partition coefficient (Wildman–Crippen LogP) is 2.01. The normalized spacial score (nSPS) is 10.7. The van der Waals surface area contributed by atoms with Crippen LogP contribution in [-0.2, 0) is 16.0 Å². The SMILES string of the molecule is CNCCc1cn(C(=O)CCC(=O)OC)c2ccc(OC)cc12. The number of benzene rings is 1. The Morgan fingerprint density at radius 3 is 2.65 bits per heavy atom. The highest BCUT2D eigenvalue weighted by molar-refractivity contribution is 5.96. The third-order valence-electron chi connectivity index (χ3n) is 3.78. The van der Waals surface area contributed by atoms with E-state index in [0.29, 0.717) is 0 Å². The van der Waals surface area contributed by atoms with Crippen molar-refractivity contribution in [1.29, 1.82) is 0 Å². The van der Waals surface area contributed by atoms with Crippen LogP contribution in [0, 0.1) is 0 Å². The molecule has 1 N–H and O–H groups in total. The van der Waals surface area contributed by atoms with E-state index < -0.39 is 0 Å². The van der Waals surface area contributed by atoms with Gasteiger partial charge < -0.3 is 14.8 Å². The van der Waals surface area contributed by atoms with Crippen LogP contribution in [-0.4, -0.2) is 44.3 Å². The molecule has 6 nitrogen and oxygen atoms in total. The quantitative estimate of drug-likeness (QED) is 0.791. The monoisotopic (exact) mass is 318 g/mol. The highest BCUT2D eigenvalue weighted by atomic mass is 16.5. The molecule has 0 saturated carbocycles. The van der Waals surface area contributed by atoms with Crippen molar-refractivity contribution >= 4 is 22.8 Å². The van der Waals surface area contributed by atoms with Gasteiger partial charge in [0.05, 0.1) is 26.2 Å². The Bertz CT molecular complexity index is 706. The zero-order valence-electron chi connectivity index (χ0n) is 13.7. The van der Waals surface area contributed by atoms with Crippen LogP contribution in [0.2, 0.25) is 0 Å². The van der Waals surface area contributed by atoms with Gasteiger partial charge in [0.25, 0.3) is 0 Å². The summed E-state index contributed by atoms with van der Waals surface area (Å²) in [7, 11) is 4.83. The maximum Gasteiger partial charge on any atom is 0.306 e. The van der Waals surface area contributed by atoms with Gasteiger partial charge in [-0.1, -0.05) is 0 Å². The fourth-order valence-corrected chi connectivity index (χ4v) is 2.50. The Balaban J connectivity index is 2.35. The van der Waals surface area contributed by atoms with Gasteiger partial charge in [-0.3, -0.25) is 14.2 Å². The summed E-state index contributed by atoms with van der Waals surface area (Å²) in [6.45, 7) is 0.812. The van der Waals surface area contributed by atoms with E-state index in [1.54, 1.807) is 11.7 Å². The van der Waals surface area contributed by atoms with Crippen LogP contribution in [0.5, 0.6) is 5.75 Å². The number of esters is 1. The number of ether oxygens (including phenoxy) is 2. The van der Waals surface area contributed by atoms with Crippen molar-refractivity contribution in [2.24, 2.45) is 0 Å². The number of hydrogen-bond donors (Lipinski definition) is 1. The zero-order valence-corrected chi connectivity index (χ0v) is 13.7. The topological polar surface area (TPSA) is 69.6 Å². The molecule has 0 spiro atoms. The minimum absolute atomic E-state index is 0.0804. The summed E-state index contributed by atoms with van der Waals surface area (Å²) in [5, 5.41) is 4.10. The lowest BCUT2D eigenvalue weighted by Gasteiger charge is -2.04. The van der Waals surface area contributed by atoms with E-state index >= 15 is 0 Å². The van der Waals surface area contributed by atoms with Crippen LogP contribution in [0.4, 0.5) is 0 Å². The predicted molar refractivity (Wildman–Crippen MR) is 88.0 cm³/mol. The van der Waals surface area contributed by atoms with Gasteiger partial charge in [0, 0.05) is 18.0 Å². The molecular formula is C17H22N2O4. The molecule has 0 unspecified atom stereocenters. The molecular weight excluding hydrogens is 296 g/mol. The van der Waals surface area contributed by atoms with Crippen LogP contribution >= 0.6 is 0 Å². The van der Waals surface area contributed by atoms with Gasteiger partial charge >= 0.3 is 5.97 Å². The van der Waals surface area contributed by atoms with Gasteiger partial charge in [-0.15, -0.1) is 0 Å². The van der Waals surface area contributed by atoms with Gasteiger partial charge in [0.15, 0.2) is 0 Å². The summed E-state index contributed by atoms with van der Waals surface area (Å²) < 4.78 is 11.5. The maximum absolute atomic E-state index is 12.4. The molecule has 0 saturated heterocycles. The number of aromatic nitrogens is 1. The number of likely N-dealkylation sites (N-methyl/N-ethyl adjacent to an activating group) is 1. The van der Waals surface area contributed by atoms with E-state index in [1.165, 1.54) is 7.11 Å². The summed E-state index contributed by atoms with van der Waals surface area (Å²) in [6.07, 6.45) is 2.85. The van der Waals surface area contributed by atoms with Crippen molar-refractivity contribution in [3.63, 3.8) is 0 Å². The van der Waals surface area contributed by atoms with Gasteiger partial charge in [0.1, 0.15) is 5.75 Å². The molecule has 6 heteroatoms. The fourth-order valence-electron chi connectivity index (χ4n) is 2.50. The molecule has 0 aliphatic rings. The van der Waals surface area contributed by atoms with Gasteiger partial charge in [-0.2, -0.15) is 0 Å². The average molecular weight is 318 g/mol. The number of carbonyl (C=O) groups excluding carboxylic acids is 2. The standard InChI is InChI=1S/C17H22N2O4/c1-18-9-8-12-11-19(16(20)6-7-17(21)23-3)15-5-4-13(22-2)10-14(12)15/h4-5,10-11,18H,6-9H2,1-3H3. The van der Waals surface area contributed by atoms with Crippen LogP contribution in [0.1, 0.15) is 23.2 Å². The van der Waals surface area contributed by atoms with Gasteiger partial charge in [-0.05, 0) is 43.8 Å². The first-order chi connectivity index (χ1) is 11.1. The van der Waals surface area contributed by atoms with E-state index in [2.05, 4.69) is 10.1 Å². The van der Waals surface area contributed by atoms with E-state index in [-0.39, 0.29) is 24.7 Å². The van der Waals surface area contributed by atoms with E-state index in [1.807, 2.05) is 31.4 Å². The molecule has 2 aromatic rings. The number of hydrogen-bond acceptors (Lipinski definition) is 5. The largest absolute Gasteiger partial charge is 0.497 e. The first-order valence-electron chi connectivity index (χ1n) is 7.53. The molecule has 0 radical (unpaired) electrons. The number of fused-ring (bicyclic) bond motifs is 1. The number of nitrogens with zero attached hydrogens (tertiary/aromatic N) is 1. The minimum atomic E-state index is -0.383. The van der Waals surface area contributed by atoms with E-state index in [9.17, 15) is 9.59 Å². The Morgan fingerprint density at radius 1 is 1.22 bits per heavy atom. The number of rotatable bonds is 7. The number of nitrogens with one attached hydrogen (secondary N) is 1. The molecule has 1 heterocycles. The first kappa shape index (κ1) is 17.0. The molecule has 0 aliphatic carbocycles. The lowest BCUT2D eigenvalue weighted by Crippen LogP contribution is -2.12. The summed E-state index contributed by atoms with van der Waals surface area (Å²) >= 11 is 0. The molecule has 0 bridgehead atoms. The molecule has 1 aromatic heterocycles. The summed E-state index contributed by atoms with van der Waals surface area (Å²) in [6, 6.07) is 5.63. The fraction of sp³-hybridized carbons (Fsp3) is 0.412. The molecule has 0 amide bonds. The second-order valence-electron chi connectivity index (χ2n) is 5.23. The molecule has 0 aliphatic heterocycles. The van der Waals surface area contributed by atoms with Crippen molar-refractivity contribution in [3.8, 4) is 5.75 Å². The highest BCUT2D eigenvalue weighted by Crippen LogP contribution is 2.26. The smallest absolute Gasteiger partial charge is 0.306 e. The Labute approximate surface area is 135 Å².